The molecule has 0 heterocycles. The second-order valence-electron chi connectivity index (χ2n) is 5.17. The number of nitrogens with two attached hydrogens (primary N) is 1. The number of halogens is 3. The zero-order valence-corrected chi connectivity index (χ0v) is 12.9. The summed E-state index contributed by atoms with van der Waals surface area (Å²) in [6.07, 6.45) is -3.59. The lowest BCUT2D eigenvalue weighted by molar-refractivity contribution is -0.138. The van der Waals surface area contributed by atoms with Gasteiger partial charge in [0.15, 0.2) is 0 Å². The molecule has 0 atom stereocenters. The van der Waals surface area contributed by atoms with E-state index in [-0.39, 0.29) is 4.75 Å². The van der Waals surface area contributed by atoms with Crippen LogP contribution < -0.4 is 5.14 Å². The number of benzene rings is 1. The van der Waals surface area contributed by atoms with Gasteiger partial charge in [0.05, 0.1) is 5.56 Å². The van der Waals surface area contributed by atoms with Crippen LogP contribution in [0, 0.1) is 6.92 Å². The summed E-state index contributed by atoms with van der Waals surface area (Å²) in [6, 6.07) is 4.30. The Kier molecular flexibility index (Phi) is 6.94. The molecule has 1 aromatic rings. The van der Waals surface area contributed by atoms with Crippen molar-refractivity contribution in [1.29, 1.82) is 0 Å². The van der Waals surface area contributed by atoms with Gasteiger partial charge in [0, 0.05) is 4.75 Å². The molecule has 0 saturated heterocycles. The third-order valence-corrected chi connectivity index (χ3v) is 3.19. The smallest absolute Gasteiger partial charge is 0.277 e. The van der Waals surface area contributed by atoms with E-state index in [2.05, 4.69) is 20.8 Å². The lowest BCUT2D eigenvalue weighted by atomic mass is 10.0. The molecule has 2 N–H and O–H groups in total. The molecule has 0 saturated carbocycles. The molecule has 1 aromatic carbocycles. The Morgan fingerprint density at radius 2 is 1.63 bits per heavy atom. The van der Waals surface area contributed by atoms with Crippen molar-refractivity contribution in [2.24, 2.45) is 5.14 Å². The van der Waals surface area contributed by atoms with Gasteiger partial charge in [-0.15, -0.1) is 0 Å². The van der Waals surface area contributed by atoms with Gasteiger partial charge in [0.1, 0.15) is 0 Å². The van der Waals surface area contributed by atoms with E-state index >= 15 is 0 Å². The van der Waals surface area contributed by atoms with Gasteiger partial charge in [-0.1, -0.05) is 31.0 Å². The molecule has 0 aliphatic carbocycles. The minimum atomic E-state index is -4.23. The van der Waals surface area contributed by atoms with Crippen molar-refractivity contribution in [2.75, 3.05) is 0 Å². The first-order chi connectivity index (χ1) is 8.53. The molecule has 19 heavy (non-hydrogen) atoms. The summed E-state index contributed by atoms with van der Waals surface area (Å²) in [5, 5.41) is 5.22. The molecule has 0 radical (unpaired) electrons. The van der Waals surface area contributed by atoms with E-state index in [1.54, 1.807) is 6.07 Å². The normalized spacial score (nSPS) is 11.8. The SMILES string of the molecule is CC(C)(C)SN.CCc1cccc(C(F)(F)F)c1C. The highest BCUT2D eigenvalue weighted by Gasteiger charge is 2.32. The monoisotopic (exact) mass is 293 g/mol. The van der Waals surface area contributed by atoms with Gasteiger partial charge in [-0.05, 0) is 51.3 Å². The maximum absolute atomic E-state index is 12.4. The fourth-order valence-electron chi connectivity index (χ4n) is 1.37. The fourth-order valence-corrected chi connectivity index (χ4v) is 1.37. The molecule has 0 unspecified atom stereocenters. The maximum Gasteiger partial charge on any atom is 0.416 e. The molecule has 0 bridgehead atoms. The summed E-state index contributed by atoms with van der Waals surface area (Å²) < 4.78 is 37.3. The first-order valence-corrected chi connectivity index (χ1v) is 6.94. The van der Waals surface area contributed by atoms with Crippen LogP contribution in [0.1, 0.15) is 44.4 Å². The molecular weight excluding hydrogens is 271 g/mol. The zero-order chi connectivity index (χ0) is 15.3. The highest BCUT2D eigenvalue weighted by molar-refractivity contribution is 7.98. The summed E-state index contributed by atoms with van der Waals surface area (Å²) in [4.78, 5) is 0. The number of alkyl halides is 3. The van der Waals surface area contributed by atoms with Crippen LogP contribution in [0.4, 0.5) is 13.2 Å². The van der Waals surface area contributed by atoms with Gasteiger partial charge in [0.25, 0.3) is 0 Å². The Morgan fingerprint density at radius 1 is 1.16 bits per heavy atom. The molecule has 5 heteroatoms. The minimum Gasteiger partial charge on any atom is -0.277 e. The highest BCUT2D eigenvalue weighted by atomic mass is 32.2. The van der Waals surface area contributed by atoms with E-state index in [0.29, 0.717) is 12.0 Å². The molecule has 0 spiro atoms. The van der Waals surface area contributed by atoms with Crippen molar-refractivity contribution in [3.05, 3.63) is 34.9 Å². The topological polar surface area (TPSA) is 26.0 Å². The second kappa shape index (κ2) is 7.20. The Balaban J connectivity index is 0.000000459. The molecule has 1 rings (SSSR count). The quantitative estimate of drug-likeness (QED) is 0.740. The van der Waals surface area contributed by atoms with E-state index in [0.717, 1.165) is 11.6 Å². The van der Waals surface area contributed by atoms with Crippen LogP contribution in [0.25, 0.3) is 0 Å². The molecule has 0 aliphatic heterocycles. The first kappa shape index (κ1) is 18.3. The van der Waals surface area contributed by atoms with Crippen LogP contribution in [0.3, 0.4) is 0 Å². The van der Waals surface area contributed by atoms with Crippen molar-refractivity contribution in [1.82, 2.24) is 0 Å². The molecule has 110 valence electrons. The van der Waals surface area contributed by atoms with Crippen LogP contribution in [0.15, 0.2) is 18.2 Å². The first-order valence-electron chi connectivity index (χ1n) is 6.06. The summed E-state index contributed by atoms with van der Waals surface area (Å²) >= 11 is 1.38. The molecular formula is C14H22F3NS. The van der Waals surface area contributed by atoms with E-state index in [4.69, 9.17) is 5.14 Å². The van der Waals surface area contributed by atoms with Crippen LogP contribution in [0.5, 0.6) is 0 Å². The van der Waals surface area contributed by atoms with Crippen molar-refractivity contribution in [3.63, 3.8) is 0 Å². The largest absolute Gasteiger partial charge is 0.416 e. The lowest BCUT2D eigenvalue weighted by Crippen LogP contribution is -2.09. The van der Waals surface area contributed by atoms with Gasteiger partial charge < -0.3 is 0 Å². The Labute approximate surface area is 117 Å². The van der Waals surface area contributed by atoms with Gasteiger partial charge in [-0.2, -0.15) is 13.2 Å². The predicted molar refractivity (Wildman–Crippen MR) is 77.1 cm³/mol. The summed E-state index contributed by atoms with van der Waals surface area (Å²) in [7, 11) is 0. The number of rotatable bonds is 1. The average molecular weight is 293 g/mol. The lowest BCUT2D eigenvalue weighted by Gasteiger charge is -2.12. The van der Waals surface area contributed by atoms with Crippen molar-refractivity contribution in [3.8, 4) is 0 Å². The van der Waals surface area contributed by atoms with Crippen molar-refractivity contribution < 1.29 is 13.2 Å². The number of hydrogen-bond donors (Lipinski definition) is 1. The zero-order valence-electron chi connectivity index (χ0n) is 12.1. The Bertz CT molecular complexity index is 395. The van der Waals surface area contributed by atoms with Crippen LogP contribution in [-0.2, 0) is 12.6 Å². The molecule has 0 amide bonds. The van der Waals surface area contributed by atoms with Gasteiger partial charge >= 0.3 is 6.18 Å². The van der Waals surface area contributed by atoms with Crippen LogP contribution in [-0.4, -0.2) is 4.75 Å². The summed E-state index contributed by atoms with van der Waals surface area (Å²) in [6.45, 7) is 9.61. The number of hydrogen-bond acceptors (Lipinski definition) is 2. The van der Waals surface area contributed by atoms with Crippen molar-refractivity contribution in [2.45, 2.75) is 52.0 Å². The summed E-state index contributed by atoms with van der Waals surface area (Å²) in [5.74, 6) is 0. The third kappa shape index (κ3) is 6.87. The van der Waals surface area contributed by atoms with Gasteiger partial charge in [0.2, 0.25) is 0 Å². The predicted octanol–water partition coefficient (Wildman–Crippen LogP) is 4.97. The van der Waals surface area contributed by atoms with E-state index < -0.39 is 11.7 Å². The highest BCUT2D eigenvalue weighted by Crippen LogP contribution is 2.32. The Morgan fingerprint density at radius 3 is 1.95 bits per heavy atom. The maximum atomic E-state index is 12.4. The van der Waals surface area contributed by atoms with E-state index in [1.165, 1.54) is 24.9 Å². The molecule has 0 fully saturated rings. The van der Waals surface area contributed by atoms with Crippen LogP contribution in [0.2, 0.25) is 0 Å². The second-order valence-corrected chi connectivity index (χ2v) is 6.63. The standard InChI is InChI=1S/C10H11F3.C4H11NS/c1-3-8-5-4-6-9(7(8)2)10(11,12)13;1-4(2,3)6-5/h4-6H,3H2,1-2H3;5H2,1-3H3. The molecule has 0 aromatic heterocycles. The molecule has 1 nitrogen and oxygen atoms in total. The van der Waals surface area contributed by atoms with Gasteiger partial charge in [-0.25, -0.2) is 0 Å². The third-order valence-electron chi connectivity index (χ3n) is 2.49. The van der Waals surface area contributed by atoms with Crippen molar-refractivity contribution >= 4 is 11.9 Å². The van der Waals surface area contributed by atoms with E-state index in [9.17, 15) is 13.2 Å². The fraction of sp³-hybridized carbons (Fsp3) is 0.571. The molecule has 0 aliphatic rings. The number of aryl methyl sites for hydroxylation is 1. The van der Waals surface area contributed by atoms with E-state index in [1.807, 2.05) is 6.92 Å². The average Bonchev–Trinajstić information content (AvgIpc) is 2.27. The minimum absolute atomic E-state index is 0.236. The van der Waals surface area contributed by atoms with Crippen LogP contribution >= 0.6 is 11.9 Å². The summed E-state index contributed by atoms with van der Waals surface area (Å²) in [5.41, 5.74) is 0.583. The van der Waals surface area contributed by atoms with Gasteiger partial charge in [-0.3, -0.25) is 5.14 Å². The Hall–Kier alpha value is -0.680.